The monoisotopic (exact) mass is 464 g/mol. The molecule has 1 aliphatic carbocycles. The van der Waals surface area contributed by atoms with Crippen LogP contribution >= 0.6 is 12.2 Å². The number of anilines is 2. The van der Waals surface area contributed by atoms with Crippen molar-refractivity contribution in [1.29, 1.82) is 0 Å². The van der Waals surface area contributed by atoms with Crippen LogP contribution in [0.5, 0.6) is 0 Å². The van der Waals surface area contributed by atoms with Crippen molar-refractivity contribution in [2.24, 2.45) is 5.92 Å². The Morgan fingerprint density at radius 3 is 2.66 bits per heavy atom. The lowest BCUT2D eigenvalue weighted by molar-refractivity contribution is 0.121. The maximum Gasteiger partial charge on any atom is 0.414 e. The molecule has 2 saturated heterocycles. The number of thiocarbonyl (C=S) groups is 1. The minimum atomic E-state index is -0.486. The zero-order valence-corrected chi connectivity index (χ0v) is 19.0. The fraction of sp³-hybridized carbons (Fsp3) is 0.591. The summed E-state index contributed by atoms with van der Waals surface area (Å²) in [6.07, 6.45) is 3.44. The average Bonchev–Trinajstić information content (AvgIpc) is 3.15. The molecule has 8 nitrogen and oxygen atoms in total. The van der Waals surface area contributed by atoms with Gasteiger partial charge >= 0.3 is 12.2 Å². The van der Waals surface area contributed by atoms with Gasteiger partial charge in [0.1, 0.15) is 11.9 Å². The number of halogens is 1. The lowest BCUT2D eigenvalue weighted by atomic mass is 9.83. The second-order valence-electron chi connectivity index (χ2n) is 8.50. The minimum Gasteiger partial charge on any atom is -0.453 e. The molecule has 1 atom stereocenters. The van der Waals surface area contributed by atoms with E-state index >= 15 is 0 Å². The molecule has 0 unspecified atom stereocenters. The largest absolute Gasteiger partial charge is 0.453 e. The van der Waals surface area contributed by atoms with Crippen LogP contribution in [0, 0.1) is 11.7 Å². The SMILES string of the molecule is COC(=O)N1CCN(c2ccc(N3C[C@H](CNC(=S)CC4CCC4)OC3=O)cc2F)CC1. The van der Waals surface area contributed by atoms with Gasteiger partial charge in [0.15, 0.2) is 0 Å². The number of cyclic esters (lactones) is 1. The van der Waals surface area contributed by atoms with Crippen LogP contribution in [0.2, 0.25) is 0 Å². The second-order valence-corrected chi connectivity index (χ2v) is 8.99. The van der Waals surface area contributed by atoms with Gasteiger partial charge in [0.25, 0.3) is 0 Å². The highest BCUT2D eigenvalue weighted by molar-refractivity contribution is 7.80. The Balaban J connectivity index is 1.31. The molecule has 174 valence electrons. The summed E-state index contributed by atoms with van der Waals surface area (Å²) in [5.74, 6) is 0.271. The van der Waals surface area contributed by atoms with Crippen LogP contribution < -0.4 is 15.1 Å². The molecule has 32 heavy (non-hydrogen) atoms. The van der Waals surface area contributed by atoms with Gasteiger partial charge in [-0.25, -0.2) is 14.0 Å². The first kappa shape index (κ1) is 22.6. The average molecular weight is 465 g/mol. The molecule has 0 radical (unpaired) electrons. The molecule has 4 rings (SSSR count). The number of methoxy groups -OCH3 is 1. The summed E-state index contributed by atoms with van der Waals surface area (Å²) in [5.41, 5.74) is 0.911. The Morgan fingerprint density at radius 1 is 1.28 bits per heavy atom. The molecule has 1 aromatic rings. The fourth-order valence-corrected chi connectivity index (χ4v) is 4.60. The van der Waals surface area contributed by atoms with E-state index in [2.05, 4.69) is 5.32 Å². The lowest BCUT2D eigenvalue weighted by Gasteiger charge is -2.35. The highest BCUT2D eigenvalue weighted by Gasteiger charge is 2.33. The number of hydrogen-bond donors (Lipinski definition) is 1. The van der Waals surface area contributed by atoms with Crippen molar-refractivity contribution in [2.45, 2.75) is 31.8 Å². The van der Waals surface area contributed by atoms with Gasteiger partial charge in [-0.1, -0.05) is 31.5 Å². The highest BCUT2D eigenvalue weighted by Crippen LogP contribution is 2.30. The molecule has 2 aliphatic heterocycles. The summed E-state index contributed by atoms with van der Waals surface area (Å²) in [6.45, 7) is 2.73. The van der Waals surface area contributed by atoms with Crippen molar-refractivity contribution in [2.75, 3.05) is 56.2 Å². The second kappa shape index (κ2) is 9.89. The number of piperazine rings is 1. The molecule has 2 amide bonds. The summed E-state index contributed by atoms with van der Waals surface area (Å²) in [4.78, 5) is 29.7. The maximum atomic E-state index is 14.9. The van der Waals surface area contributed by atoms with Gasteiger partial charge in [0.05, 0.1) is 36.6 Å². The lowest BCUT2D eigenvalue weighted by Crippen LogP contribution is -2.49. The Kier molecular flexibility index (Phi) is 6.98. The van der Waals surface area contributed by atoms with Crippen molar-refractivity contribution < 1.29 is 23.5 Å². The van der Waals surface area contributed by atoms with Crippen LogP contribution in [0.1, 0.15) is 25.7 Å². The van der Waals surface area contributed by atoms with Crippen molar-refractivity contribution in [3.8, 4) is 0 Å². The zero-order valence-electron chi connectivity index (χ0n) is 18.2. The third-order valence-electron chi connectivity index (χ3n) is 6.40. The molecule has 3 aliphatic rings. The number of nitrogens with one attached hydrogen (secondary N) is 1. The van der Waals surface area contributed by atoms with Crippen molar-refractivity contribution >= 4 is 40.8 Å². The predicted molar refractivity (Wildman–Crippen MR) is 123 cm³/mol. The maximum absolute atomic E-state index is 14.9. The van der Waals surface area contributed by atoms with Crippen molar-refractivity contribution in [3.05, 3.63) is 24.0 Å². The molecule has 10 heteroatoms. The Hall–Kier alpha value is -2.62. The molecule has 3 fully saturated rings. The molecule has 1 N–H and O–H groups in total. The van der Waals surface area contributed by atoms with E-state index in [1.165, 1.54) is 37.3 Å². The van der Waals surface area contributed by atoms with Gasteiger partial charge in [0, 0.05) is 32.6 Å². The summed E-state index contributed by atoms with van der Waals surface area (Å²) in [5, 5.41) is 3.21. The number of benzene rings is 1. The zero-order chi connectivity index (χ0) is 22.7. The third-order valence-corrected chi connectivity index (χ3v) is 6.71. The number of nitrogens with zero attached hydrogens (tertiary/aromatic N) is 3. The third kappa shape index (κ3) is 5.06. The predicted octanol–water partition coefficient (Wildman–Crippen LogP) is 3.15. The number of hydrogen-bond acceptors (Lipinski definition) is 6. The van der Waals surface area contributed by atoms with Gasteiger partial charge in [-0.2, -0.15) is 0 Å². The topological polar surface area (TPSA) is 74.3 Å². The summed E-state index contributed by atoms with van der Waals surface area (Å²) in [6, 6.07) is 4.76. The number of ether oxygens (including phenoxy) is 2. The van der Waals surface area contributed by atoms with Crippen molar-refractivity contribution in [1.82, 2.24) is 10.2 Å². The van der Waals surface area contributed by atoms with E-state index < -0.39 is 11.9 Å². The van der Waals surface area contributed by atoms with Gasteiger partial charge in [-0.15, -0.1) is 0 Å². The fourth-order valence-electron chi connectivity index (χ4n) is 4.28. The molecule has 2 heterocycles. The van der Waals surface area contributed by atoms with Crippen LogP contribution in [-0.4, -0.2) is 74.6 Å². The summed E-state index contributed by atoms with van der Waals surface area (Å²) < 4.78 is 25.1. The summed E-state index contributed by atoms with van der Waals surface area (Å²) >= 11 is 5.39. The normalized spacial score (nSPS) is 21.2. The van der Waals surface area contributed by atoms with Crippen LogP contribution in [0.15, 0.2) is 18.2 Å². The first-order chi connectivity index (χ1) is 15.4. The highest BCUT2D eigenvalue weighted by atomic mass is 32.1. The molecule has 1 saturated carbocycles. The van der Waals surface area contributed by atoms with Crippen LogP contribution in [0.25, 0.3) is 0 Å². The van der Waals surface area contributed by atoms with E-state index in [4.69, 9.17) is 21.7 Å². The smallest absolute Gasteiger partial charge is 0.414 e. The van der Waals surface area contributed by atoms with Crippen LogP contribution in [-0.2, 0) is 9.47 Å². The summed E-state index contributed by atoms with van der Waals surface area (Å²) in [7, 11) is 1.35. The Labute approximate surface area is 192 Å². The van der Waals surface area contributed by atoms with Gasteiger partial charge < -0.3 is 24.6 Å². The van der Waals surface area contributed by atoms with E-state index in [9.17, 15) is 14.0 Å². The molecule has 1 aromatic carbocycles. The molecule has 0 bridgehead atoms. The van der Waals surface area contributed by atoms with Crippen molar-refractivity contribution in [3.63, 3.8) is 0 Å². The first-order valence-corrected chi connectivity index (χ1v) is 11.5. The van der Waals surface area contributed by atoms with E-state index in [0.29, 0.717) is 56.6 Å². The van der Waals surface area contributed by atoms with E-state index in [-0.39, 0.29) is 12.2 Å². The Morgan fingerprint density at radius 2 is 2.03 bits per heavy atom. The van der Waals surface area contributed by atoms with E-state index in [1.54, 1.807) is 17.0 Å². The van der Waals surface area contributed by atoms with E-state index in [1.807, 2.05) is 4.90 Å². The molecule has 0 spiro atoms. The standard InChI is InChI=1S/C22H29FN4O4S/c1-30-21(28)26-9-7-25(8-10-26)19-6-5-16(12-18(19)23)27-14-17(31-22(27)29)13-24-20(32)11-15-3-2-4-15/h5-6,12,15,17H,2-4,7-11,13-14H2,1H3,(H,24,32)/t17-/m0/s1. The quantitative estimate of drug-likeness (QED) is 0.649. The Bertz CT molecular complexity index is 873. The number of carbonyl (C=O) groups is 2. The first-order valence-electron chi connectivity index (χ1n) is 11.1. The molecular weight excluding hydrogens is 435 g/mol. The van der Waals surface area contributed by atoms with Gasteiger partial charge in [-0.05, 0) is 24.1 Å². The minimum absolute atomic E-state index is 0.337. The van der Waals surface area contributed by atoms with Gasteiger partial charge in [0.2, 0.25) is 0 Å². The number of amides is 2. The number of carbonyl (C=O) groups excluding carboxylic acids is 2. The molecular formula is C22H29FN4O4S. The van der Waals surface area contributed by atoms with Gasteiger partial charge in [-0.3, -0.25) is 4.90 Å². The van der Waals surface area contributed by atoms with E-state index in [0.717, 1.165) is 11.4 Å². The van der Waals surface area contributed by atoms with Crippen LogP contribution in [0.3, 0.4) is 0 Å². The molecule has 0 aromatic heterocycles. The van der Waals surface area contributed by atoms with Crippen LogP contribution in [0.4, 0.5) is 25.4 Å². The number of rotatable bonds is 6.